The standard InChI is InChI=1S/C18H23NO/c1-20-14-8-13-18(15-19,16-9-4-2-5-10-16)17-11-6-3-7-12-17/h2-7,9-12H,8,13-15,19H2,1H3. The third kappa shape index (κ3) is 3.09. The van der Waals surface area contributed by atoms with Crippen LogP contribution in [0.1, 0.15) is 24.0 Å². The van der Waals surface area contributed by atoms with Gasteiger partial charge >= 0.3 is 0 Å². The van der Waals surface area contributed by atoms with Gasteiger partial charge < -0.3 is 10.5 Å². The van der Waals surface area contributed by atoms with E-state index in [1.54, 1.807) is 7.11 Å². The Morgan fingerprint density at radius 2 is 1.40 bits per heavy atom. The summed E-state index contributed by atoms with van der Waals surface area (Å²) in [5, 5.41) is 0. The lowest BCUT2D eigenvalue weighted by Gasteiger charge is -2.34. The predicted molar refractivity (Wildman–Crippen MR) is 83.8 cm³/mol. The van der Waals surface area contributed by atoms with Crippen LogP contribution in [0.5, 0.6) is 0 Å². The first kappa shape index (κ1) is 14.8. The van der Waals surface area contributed by atoms with Crippen LogP contribution in [-0.4, -0.2) is 20.3 Å². The number of hydrogen-bond donors (Lipinski definition) is 1. The van der Waals surface area contributed by atoms with Gasteiger partial charge in [0.1, 0.15) is 0 Å². The Morgan fingerprint density at radius 1 is 0.900 bits per heavy atom. The van der Waals surface area contributed by atoms with E-state index in [1.165, 1.54) is 11.1 Å². The molecule has 0 unspecified atom stereocenters. The van der Waals surface area contributed by atoms with Crippen molar-refractivity contribution >= 4 is 0 Å². The minimum Gasteiger partial charge on any atom is -0.385 e. The molecule has 2 heteroatoms. The molecule has 2 rings (SSSR count). The van der Waals surface area contributed by atoms with Crippen molar-refractivity contribution in [3.05, 3.63) is 71.8 Å². The molecule has 0 aliphatic heterocycles. The Labute approximate surface area is 121 Å². The minimum atomic E-state index is -0.124. The van der Waals surface area contributed by atoms with Crippen LogP contribution in [0, 0.1) is 0 Å². The summed E-state index contributed by atoms with van der Waals surface area (Å²) < 4.78 is 5.21. The highest BCUT2D eigenvalue weighted by Crippen LogP contribution is 2.35. The number of rotatable bonds is 7. The summed E-state index contributed by atoms with van der Waals surface area (Å²) >= 11 is 0. The third-order valence-electron chi connectivity index (χ3n) is 3.95. The second-order valence-electron chi connectivity index (χ2n) is 5.11. The van der Waals surface area contributed by atoms with Crippen molar-refractivity contribution < 1.29 is 4.74 Å². The molecule has 0 spiro atoms. The van der Waals surface area contributed by atoms with E-state index in [9.17, 15) is 0 Å². The van der Waals surface area contributed by atoms with Gasteiger partial charge in [-0.15, -0.1) is 0 Å². The maximum atomic E-state index is 6.21. The van der Waals surface area contributed by atoms with E-state index in [-0.39, 0.29) is 5.41 Å². The quantitative estimate of drug-likeness (QED) is 0.782. The Kier molecular flexibility index (Phi) is 5.33. The van der Waals surface area contributed by atoms with Crippen molar-refractivity contribution in [3.63, 3.8) is 0 Å². The van der Waals surface area contributed by atoms with Crippen LogP contribution in [0.15, 0.2) is 60.7 Å². The number of benzene rings is 2. The number of ether oxygens (including phenoxy) is 1. The molecule has 0 heterocycles. The van der Waals surface area contributed by atoms with Crippen LogP contribution in [0.4, 0.5) is 0 Å². The highest BCUT2D eigenvalue weighted by molar-refractivity contribution is 5.39. The number of hydrogen-bond acceptors (Lipinski definition) is 2. The van der Waals surface area contributed by atoms with Crippen LogP contribution < -0.4 is 5.73 Å². The molecule has 20 heavy (non-hydrogen) atoms. The second-order valence-corrected chi connectivity index (χ2v) is 5.11. The van der Waals surface area contributed by atoms with Crippen molar-refractivity contribution in [3.8, 4) is 0 Å². The first-order chi connectivity index (χ1) is 9.83. The summed E-state index contributed by atoms with van der Waals surface area (Å²) in [5.41, 5.74) is 8.65. The van der Waals surface area contributed by atoms with Crippen LogP contribution in [0.3, 0.4) is 0 Å². The van der Waals surface area contributed by atoms with Crippen molar-refractivity contribution in [1.82, 2.24) is 0 Å². The summed E-state index contributed by atoms with van der Waals surface area (Å²) in [6.07, 6.45) is 1.99. The molecule has 2 nitrogen and oxygen atoms in total. The summed E-state index contributed by atoms with van der Waals surface area (Å²) in [7, 11) is 1.75. The first-order valence-corrected chi connectivity index (χ1v) is 7.13. The fraction of sp³-hybridized carbons (Fsp3) is 0.333. The summed E-state index contributed by atoms with van der Waals surface area (Å²) in [4.78, 5) is 0. The van der Waals surface area contributed by atoms with Gasteiger partial charge in [0.25, 0.3) is 0 Å². The fourth-order valence-corrected chi connectivity index (χ4v) is 2.83. The molecule has 0 aromatic heterocycles. The Bertz CT molecular complexity index is 456. The van der Waals surface area contributed by atoms with Crippen molar-refractivity contribution in [2.24, 2.45) is 5.73 Å². The zero-order valence-corrected chi connectivity index (χ0v) is 12.1. The van der Waals surface area contributed by atoms with Gasteiger partial charge in [-0.1, -0.05) is 60.7 Å². The number of nitrogens with two attached hydrogens (primary N) is 1. The summed E-state index contributed by atoms with van der Waals surface area (Å²) in [5.74, 6) is 0. The lowest BCUT2D eigenvalue weighted by molar-refractivity contribution is 0.186. The maximum Gasteiger partial charge on any atom is 0.0462 e. The number of methoxy groups -OCH3 is 1. The average Bonchev–Trinajstić information content (AvgIpc) is 2.54. The highest BCUT2D eigenvalue weighted by atomic mass is 16.5. The third-order valence-corrected chi connectivity index (χ3v) is 3.95. The van der Waals surface area contributed by atoms with E-state index >= 15 is 0 Å². The Hall–Kier alpha value is -1.64. The van der Waals surface area contributed by atoms with E-state index in [4.69, 9.17) is 10.5 Å². The smallest absolute Gasteiger partial charge is 0.0462 e. The monoisotopic (exact) mass is 269 g/mol. The van der Waals surface area contributed by atoms with Gasteiger partial charge in [-0.25, -0.2) is 0 Å². The van der Waals surface area contributed by atoms with E-state index in [0.29, 0.717) is 6.54 Å². The van der Waals surface area contributed by atoms with Gasteiger partial charge in [-0.2, -0.15) is 0 Å². The molecular formula is C18H23NO. The van der Waals surface area contributed by atoms with E-state index < -0.39 is 0 Å². The van der Waals surface area contributed by atoms with E-state index in [1.807, 2.05) is 12.1 Å². The molecule has 2 aromatic rings. The zero-order chi connectivity index (χ0) is 14.3. The van der Waals surface area contributed by atoms with Gasteiger partial charge in [0.05, 0.1) is 0 Å². The minimum absolute atomic E-state index is 0.124. The Balaban J connectivity index is 2.41. The molecule has 0 aliphatic rings. The molecular weight excluding hydrogens is 246 g/mol. The molecule has 0 bridgehead atoms. The van der Waals surface area contributed by atoms with Gasteiger partial charge in [0.2, 0.25) is 0 Å². The van der Waals surface area contributed by atoms with Crippen molar-refractivity contribution in [2.45, 2.75) is 18.3 Å². The van der Waals surface area contributed by atoms with Crippen LogP contribution in [-0.2, 0) is 10.2 Å². The molecule has 0 aliphatic carbocycles. The topological polar surface area (TPSA) is 35.2 Å². The van der Waals surface area contributed by atoms with Crippen molar-refractivity contribution in [2.75, 3.05) is 20.3 Å². The largest absolute Gasteiger partial charge is 0.385 e. The van der Waals surface area contributed by atoms with E-state index in [2.05, 4.69) is 48.5 Å². The first-order valence-electron chi connectivity index (χ1n) is 7.13. The van der Waals surface area contributed by atoms with Gasteiger partial charge in [0, 0.05) is 25.7 Å². The summed E-state index contributed by atoms with van der Waals surface area (Å²) in [6.45, 7) is 1.37. The molecule has 0 radical (unpaired) electrons. The molecule has 106 valence electrons. The fourth-order valence-electron chi connectivity index (χ4n) is 2.83. The molecule has 0 saturated heterocycles. The molecule has 0 atom stereocenters. The lowest BCUT2D eigenvalue weighted by atomic mass is 9.71. The van der Waals surface area contributed by atoms with Crippen LogP contribution in [0.25, 0.3) is 0 Å². The second kappa shape index (κ2) is 7.22. The zero-order valence-electron chi connectivity index (χ0n) is 12.1. The molecule has 0 saturated carbocycles. The van der Waals surface area contributed by atoms with Gasteiger partial charge in [0.15, 0.2) is 0 Å². The molecule has 2 aromatic carbocycles. The molecule has 0 fully saturated rings. The molecule has 0 amide bonds. The molecule has 2 N–H and O–H groups in total. The van der Waals surface area contributed by atoms with Crippen LogP contribution >= 0.6 is 0 Å². The average molecular weight is 269 g/mol. The van der Waals surface area contributed by atoms with E-state index in [0.717, 1.165) is 19.4 Å². The highest BCUT2D eigenvalue weighted by Gasteiger charge is 2.32. The maximum absolute atomic E-state index is 6.21. The predicted octanol–water partition coefficient (Wildman–Crippen LogP) is 3.36. The van der Waals surface area contributed by atoms with Crippen LogP contribution in [0.2, 0.25) is 0 Å². The Morgan fingerprint density at radius 3 is 1.80 bits per heavy atom. The normalized spacial score (nSPS) is 11.5. The van der Waals surface area contributed by atoms with Gasteiger partial charge in [-0.3, -0.25) is 0 Å². The summed E-state index contributed by atoms with van der Waals surface area (Å²) in [6, 6.07) is 21.1. The lowest BCUT2D eigenvalue weighted by Crippen LogP contribution is -2.36. The SMILES string of the molecule is COCCCC(CN)(c1ccccc1)c1ccccc1. The van der Waals surface area contributed by atoms with Crippen molar-refractivity contribution in [1.29, 1.82) is 0 Å². The van der Waals surface area contributed by atoms with Gasteiger partial charge in [-0.05, 0) is 24.0 Å².